The summed E-state index contributed by atoms with van der Waals surface area (Å²) in [6, 6.07) is 14.4. The van der Waals surface area contributed by atoms with E-state index in [1.165, 1.54) is 10.3 Å². The highest BCUT2D eigenvalue weighted by atomic mass is 32.1. The van der Waals surface area contributed by atoms with Gasteiger partial charge < -0.3 is 15.0 Å². The number of nitrogens with zero attached hydrogens (tertiary/aromatic N) is 1. The van der Waals surface area contributed by atoms with Gasteiger partial charge in [0, 0.05) is 23.1 Å². The van der Waals surface area contributed by atoms with Gasteiger partial charge in [-0.2, -0.15) is 0 Å². The third-order valence-electron chi connectivity index (χ3n) is 3.54. The standard InChI is InChI=1S/C16H18N2OS/c1-17-11-14(19)16(15-7-4-10-20-15)18-9-8-12-5-2-3-6-13(12)18/h2-10,14,16-17,19H,11H2,1H3/t14-,16-/m1/s1. The van der Waals surface area contributed by atoms with Gasteiger partial charge in [-0.05, 0) is 36.0 Å². The second-order valence-electron chi connectivity index (χ2n) is 4.87. The van der Waals surface area contributed by atoms with Gasteiger partial charge in [0.05, 0.1) is 12.1 Å². The smallest absolute Gasteiger partial charge is 0.0949 e. The Kier molecular flexibility index (Phi) is 3.87. The molecule has 2 atom stereocenters. The lowest BCUT2D eigenvalue weighted by Crippen LogP contribution is -2.32. The Hall–Kier alpha value is -1.62. The maximum atomic E-state index is 10.5. The summed E-state index contributed by atoms with van der Waals surface area (Å²) in [5.74, 6) is 0. The predicted molar refractivity (Wildman–Crippen MR) is 84.3 cm³/mol. The summed E-state index contributed by atoms with van der Waals surface area (Å²) < 4.78 is 2.17. The van der Waals surface area contributed by atoms with Gasteiger partial charge in [0.1, 0.15) is 0 Å². The van der Waals surface area contributed by atoms with E-state index in [9.17, 15) is 5.11 Å². The lowest BCUT2D eigenvalue weighted by molar-refractivity contribution is 0.134. The summed E-state index contributed by atoms with van der Waals surface area (Å²) in [4.78, 5) is 1.18. The van der Waals surface area contributed by atoms with Gasteiger partial charge >= 0.3 is 0 Å². The molecule has 0 aliphatic rings. The third-order valence-corrected chi connectivity index (χ3v) is 4.48. The Balaban J connectivity index is 2.09. The van der Waals surface area contributed by atoms with E-state index in [0.717, 1.165) is 5.52 Å². The van der Waals surface area contributed by atoms with Crippen LogP contribution in [0.1, 0.15) is 10.9 Å². The number of aliphatic hydroxyl groups excluding tert-OH is 1. The lowest BCUT2D eigenvalue weighted by Gasteiger charge is -2.24. The fourth-order valence-electron chi connectivity index (χ4n) is 2.64. The van der Waals surface area contributed by atoms with Gasteiger partial charge in [-0.1, -0.05) is 24.3 Å². The first-order valence-electron chi connectivity index (χ1n) is 6.73. The molecule has 0 saturated heterocycles. The summed E-state index contributed by atoms with van der Waals surface area (Å²) in [5, 5.41) is 16.9. The maximum Gasteiger partial charge on any atom is 0.0949 e. The molecule has 104 valence electrons. The normalized spacial score (nSPS) is 14.5. The van der Waals surface area contributed by atoms with Crippen molar-refractivity contribution in [2.75, 3.05) is 13.6 Å². The van der Waals surface area contributed by atoms with Crippen LogP contribution in [0.5, 0.6) is 0 Å². The topological polar surface area (TPSA) is 37.2 Å². The Morgan fingerprint density at radius 3 is 2.80 bits per heavy atom. The van der Waals surface area contributed by atoms with Gasteiger partial charge in [-0.15, -0.1) is 11.3 Å². The average Bonchev–Trinajstić information content (AvgIpc) is 3.10. The Morgan fingerprint density at radius 1 is 1.20 bits per heavy atom. The van der Waals surface area contributed by atoms with Crippen LogP contribution >= 0.6 is 11.3 Å². The Morgan fingerprint density at radius 2 is 2.05 bits per heavy atom. The zero-order valence-corrected chi connectivity index (χ0v) is 12.2. The number of nitrogens with one attached hydrogen (secondary N) is 1. The van der Waals surface area contributed by atoms with Gasteiger partial charge in [0.15, 0.2) is 0 Å². The molecule has 2 heterocycles. The summed E-state index contributed by atoms with van der Waals surface area (Å²) >= 11 is 1.68. The van der Waals surface area contributed by atoms with Gasteiger partial charge in [0.25, 0.3) is 0 Å². The van der Waals surface area contributed by atoms with Crippen LogP contribution in [0.4, 0.5) is 0 Å². The molecule has 0 spiro atoms. The molecule has 0 amide bonds. The SMILES string of the molecule is CNC[C@@H](O)[C@H](c1cccs1)n1ccc2ccccc21. The minimum Gasteiger partial charge on any atom is -0.389 e. The second kappa shape index (κ2) is 5.79. The first kappa shape index (κ1) is 13.4. The lowest BCUT2D eigenvalue weighted by atomic mass is 10.1. The van der Waals surface area contributed by atoms with E-state index in [1.807, 2.05) is 25.2 Å². The molecular formula is C16H18N2OS. The van der Waals surface area contributed by atoms with Crippen LogP contribution in [0.2, 0.25) is 0 Å². The number of rotatable bonds is 5. The Labute approximate surface area is 122 Å². The summed E-state index contributed by atoms with van der Waals surface area (Å²) in [5.41, 5.74) is 1.15. The largest absolute Gasteiger partial charge is 0.389 e. The number of aliphatic hydroxyl groups is 1. The van der Waals surface area contributed by atoms with Crippen molar-refractivity contribution >= 4 is 22.2 Å². The number of likely N-dealkylation sites (N-methyl/N-ethyl adjacent to an activating group) is 1. The zero-order chi connectivity index (χ0) is 13.9. The van der Waals surface area contributed by atoms with Crippen molar-refractivity contribution in [2.24, 2.45) is 0 Å². The van der Waals surface area contributed by atoms with E-state index in [-0.39, 0.29) is 6.04 Å². The monoisotopic (exact) mass is 286 g/mol. The predicted octanol–water partition coefficient (Wildman–Crippen LogP) is 2.87. The van der Waals surface area contributed by atoms with Crippen molar-refractivity contribution in [2.45, 2.75) is 12.1 Å². The highest BCUT2D eigenvalue weighted by Gasteiger charge is 2.24. The van der Waals surface area contributed by atoms with Crippen LogP contribution in [0.15, 0.2) is 54.0 Å². The number of aromatic nitrogens is 1. The fourth-order valence-corrected chi connectivity index (χ4v) is 3.52. The van der Waals surface area contributed by atoms with E-state index in [2.05, 4.69) is 45.7 Å². The number of para-hydroxylation sites is 1. The molecule has 3 aromatic rings. The number of hydrogen-bond acceptors (Lipinski definition) is 3. The molecular weight excluding hydrogens is 268 g/mol. The third kappa shape index (κ3) is 2.38. The van der Waals surface area contributed by atoms with Crippen molar-refractivity contribution < 1.29 is 5.11 Å². The van der Waals surface area contributed by atoms with E-state index in [0.29, 0.717) is 6.54 Å². The quantitative estimate of drug-likeness (QED) is 0.757. The van der Waals surface area contributed by atoms with Crippen LogP contribution in [0, 0.1) is 0 Å². The van der Waals surface area contributed by atoms with Crippen molar-refractivity contribution in [3.63, 3.8) is 0 Å². The second-order valence-corrected chi connectivity index (χ2v) is 5.85. The van der Waals surface area contributed by atoms with Crippen LogP contribution in [0.3, 0.4) is 0 Å². The van der Waals surface area contributed by atoms with Crippen LogP contribution in [-0.2, 0) is 0 Å². The molecule has 0 bridgehead atoms. The molecule has 2 aromatic heterocycles. The summed E-state index contributed by atoms with van der Waals surface area (Å²) in [6.45, 7) is 0.565. The molecule has 4 heteroatoms. The molecule has 0 aliphatic heterocycles. The van der Waals surface area contributed by atoms with E-state index < -0.39 is 6.10 Å². The highest BCUT2D eigenvalue weighted by Crippen LogP contribution is 2.30. The molecule has 3 nitrogen and oxygen atoms in total. The van der Waals surface area contributed by atoms with Gasteiger partial charge in [-0.25, -0.2) is 0 Å². The molecule has 0 unspecified atom stereocenters. The summed E-state index contributed by atoms with van der Waals surface area (Å²) in [6.07, 6.45) is 1.60. The van der Waals surface area contributed by atoms with Crippen molar-refractivity contribution in [1.82, 2.24) is 9.88 Å². The molecule has 0 saturated carbocycles. The first-order valence-corrected chi connectivity index (χ1v) is 7.61. The molecule has 0 aliphatic carbocycles. The van der Waals surface area contributed by atoms with Crippen molar-refractivity contribution in [1.29, 1.82) is 0 Å². The van der Waals surface area contributed by atoms with E-state index in [1.54, 1.807) is 11.3 Å². The minimum atomic E-state index is -0.463. The highest BCUT2D eigenvalue weighted by molar-refractivity contribution is 7.10. The Bertz CT molecular complexity index is 675. The number of hydrogen-bond donors (Lipinski definition) is 2. The number of thiophene rings is 1. The van der Waals surface area contributed by atoms with Gasteiger partial charge in [0.2, 0.25) is 0 Å². The fraction of sp³-hybridized carbons (Fsp3) is 0.250. The van der Waals surface area contributed by atoms with Crippen molar-refractivity contribution in [3.05, 3.63) is 58.9 Å². The van der Waals surface area contributed by atoms with Crippen molar-refractivity contribution in [3.8, 4) is 0 Å². The maximum absolute atomic E-state index is 10.5. The van der Waals surface area contributed by atoms with Crippen LogP contribution < -0.4 is 5.32 Å². The van der Waals surface area contributed by atoms with E-state index >= 15 is 0 Å². The number of fused-ring (bicyclic) bond motifs is 1. The first-order chi connectivity index (χ1) is 9.81. The molecule has 1 aromatic carbocycles. The van der Waals surface area contributed by atoms with Crippen LogP contribution in [0.25, 0.3) is 10.9 Å². The molecule has 3 rings (SSSR count). The van der Waals surface area contributed by atoms with Crippen LogP contribution in [-0.4, -0.2) is 29.4 Å². The molecule has 0 fully saturated rings. The minimum absolute atomic E-state index is 0.0534. The van der Waals surface area contributed by atoms with E-state index in [4.69, 9.17) is 0 Å². The zero-order valence-electron chi connectivity index (χ0n) is 11.4. The average molecular weight is 286 g/mol. The molecule has 20 heavy (non-hydrogen) atoms. The molecule has 0 radical (unpaired) electrons. The number of benzene rings is 1. The van der Waals surface area contributed by atoms with Gasteiger partial charge in [-0.3, -0.25) is 0 Å². The summed E-state index contributed by atoms with van der Waals surface area (Å²) in [7, 11) is 1.86. The molecule has 2 N–H and O–H groups in total.